The first-order valence-corrected chi connectivity index (χ1v) is 10.6. The first-order valence-electron chi connectivity index (χ1n) is 9.76. The van der Waals surface area contributed by atoms with Crippen LogP contribution in [0.5, 0.6) is 0 Å². The number of aryl methyl sites for hydroxylation is 2. The number of oxazole rings is 1. The molecule has 1 atom stereocenters. The molecule has 0 N–H and O–H groups in total. The highest BCUT2D eigenvalue weighted by atomic mass is 32.2. The molecule has 7 nitrogen and oxygen atoms in total. The molecule has 0 fully saturated rings. The topological polar surface area (TPSA) is 71.2 Å². The molecule has 0 bridgehead atoms. The van der Waals surface area contributed by atoms with Crippen molar-refractivity contribution in [3.8, 4) is 0 Å². The number of rotatable bonds is 3. The monoisotopic (exact) mass is 414 g/mol. The van der Waals surface area contributed by atoms with Gasteiger partial charge in [0, 0.05) is 24.6 Å². The van der Waals surface area contributed by atoms with Gasteiger partial charge in [-0.1, -0.05) is 0 Å². The second kappa shape index (κ2) is 7.09. The van der Waals surface area contributed by atoms with Crippen LogP contribution in [0, 0.1) is 13.8 Å². The molecular formula is C21H26N4O3S. The van der Waals surface area contributed by atoms with Gasteiger partial charge < -0.3 is 14.1 Å². The number of thioether (sulfide) groups is 1. The van der Waals surface area contributed by atoms with E-state index in [0.717, 1.165) is 32.3 Å². The predicted octanol–water partition coefficient (Wildman–Crippen LogP) is 4.74. The summed E-state index contributed by atoms with van der Waals surface area (Å²) in [4.78, 5) is 26.7. The smallest absolute Gasteiger partial charge is 0.412 e. The zero-order valence-electron chi connectivity index (χ0n) is 17.6. The van der Waals surface area contributed by atoms with Crippen LogP contribution in [0.25, 0.3) is 16.0 Å². The van der Waals surface area contributed by atoms with Crippen molar-refractivity contribution in [3.63, 3.8) is 0 Å². The average molecular weight is 415 g/mol. The number of hydrogen-bond acceptors (Lipinski definition) is 7. The first-order chi connectivity index (χ1) is 13.7. The minimum absolute atomic E-state index is 0.174. The van der Waals surface area contributed by atoms with Crippen molar-refractivity contribution in [3.05, 3.63) is 35.4 Å². The fraction of sp³-hybridized carbons (Fsp3) is 0.476. The summed E-state index contributed by atoms with van der Waals surface area (Å²) in [7, 11) is 0. The van der Waals surface area contributed by atoms with Crippen molar-refractivity contribution >= 4 is 39.0 Å². The summed E-state index contributed by atoms with van der Waals surface area (Å²) in [5, 5.41) is 0.901. The molecule has 0 saturated heterocycles. The zero-order chi connectivity index (χ0) is 20.9. The van der Waals surface area contributed by atoms with Gasteiger partial charge in [0.25, 0.3) is 0 Å². The van der Waals surface area contributed by atoms with Crippen molar-refractivity contribution in [1.29, 1.82) is 0 Å². The minimum Gasteiger partial charge on any atom is -0.444 e. The third-order valence-electron chi connectivity index (χ3n) is 4.79. The molecule has 2 aromatic rings. The van der Waals surface area contributed by atoms with E-state index in [2.05, 4.69) is 27.1 Å². The highest BCUT2D eigenvalue weighted by molar-refractivity contribution is 8.22. The molecule has 0 radical (unpaired) electrons. The average Bonchev–Trinajstić information content (AvgIpc) is 3.28. The standard InChI is InChI=1S/C21H26N4O3S/c1-7-24(20(26)28-21(4,5)6)17-10-22-19-25(17)11-16(29-19)14-8-12(2)18-15(9-14)27-13(3)23-18/h8-9,11,17H,7,10H2,1-6H3. The van der Waals surface area contributed by atoms with E-state index >= 15 is 0 Å². The number of amidine groups is 1. The number of likely N-dealkylation sites (N-methyl/N-ethyl adjacent to an activating group) is 1. The molecule has 1 aromatic carbocycles. The number of hydrogen-bond donors (Lipinski definition) is 0. The fourth-order valence-electron chi connectivity index (χ4n) is 3.55. The molecule has 154 valence electrons. The van der Waals surface area contributed by atoms with Crippen molar-refractivity contribution in [2.75, 3.05) is 13.1 Å². The summed E-state index contributed by atoms with van der Waals surface area (Å²) in [6, 6.07) is 4.14. The summed E-state index contributed by atoms with van der Waals surface area (Å²) >= 11 is 1.61. The predicted molar refractivity (Wildman–Crippen MR) is 116 cm³/mol. The molecule has 0 aliphatic carbocycles. The van der Waals surface area contributed by atoms with E-state index in [1.54, 1.807) is 16.7 Å². The Hall–Kier alpha value is -2.48. The Balaban J connectivity index is 1.61. The SMILES string of the molecule is CCN(C(=O)OC(C)(C)C)C1CN=C2SC(c3cc(C)c4nc(C)oc4c3)=CN21. The van der Waals surface area contributed by atoms with Gasteiger partial charge in [-0.15, -0.1) is 0 Å². The summed E-state index contributed by atoms with van der Waals surface area (Å²) in [5.74, 6) is 0.661. The van der Waals surface area contributed by atoms with E-state index < -0.39 is 5.60 Å². The Morgan fingerprint density at radius 2 is 2.14 bits per heavy atom. The van der Waals surface area contributed by atoms with E-state index in [1.165, 1.54) is 0 Å². The summed E-state index contributed by atoms with van der Waals surface area (Å²) < 4.78 is 11.3. The third kappa shape index (κ3) is 3.73. The van der Waals surface area contributed by atoms with Crippen LogP contribution in [0.15, 0.2) is 27.7 Å². The molecule has 8 heteroatoms. The molecule has 29 heavy (non-hydrogen) atoms. The summed E-state index contributed by atoms with van der Waals surface area (Å²) in [6.45, 7) is 12.6. The van der Waals surface area contributed by atoms with Gasteiger partial charge >= 0.3 is 6.09 Å². The van der Waals surface area contributed by atoms with Gasteiger partial charge in [-0.3, -0.25) is 9.89 Å². The molecule has 2 aliphatic heterocycles. The van der Waals surface area contributed by atoms with Crippen LogP contribution in [0.1, 0.15) is 44.7 Å². The van der Waals surface area contributed by atoms with Gasteiger partial charge in [-0.25, -0.2) is 9.78 Å². The lowest BCUT2D eigenvalue weighted by Crippen LogP contribution is -2.50. The van der Waals surface area contributed by atoms with Crippen molar-refractivity contribution in [2.24, 2.45) is 4.99 Å². The highest BCUT2D eigenvalue weighted by Crippen LogP contribution is 2.41. The van der Waals surface area contributed by atoms with Gasteiger partial charge in [0.1, 0.15) is 17.3 Å². The normalized spacial score (nSPS) is 18.7. The molecule has 1 aromatic heterocycles. The lowest BCUT2D eigenvalue weighted by Gasteiger charge is -2.33. The fourth-order valence-corrected chi connectivity index (χ4v) is 4.57. The number of carbonyl (C=O) groups excluding carboxylic acids is 1. The van der Waals surface area contributed by atoms with Gasteiger partial charge in [-0.2, -0.15) is 0 Å². The van der Waals surface area contributed by atoms with Crippen LogP contribution < -0.4 is 0 Å². The third-order valence-corrected chi connectivity index (χ3v) is 5.88. The number of ether oxygens (including phenoxy) is 1. The number of carbonyl (C=O) groups is 1. The molecule has 1 unspecified atom stereocenters. The molecule has 0 saturated carbocycles. The van der Waals surface area contributed by atoms with E-state index in [4.69, 9.17) is 9.15 Å². The van der Waals surface area contributed by atoms with Crippen molar-refractivity contribution < 1.29 is 13.9 Å². The van der Waals surface area contributed by atoms with Gasteiger partial charge in [0.15, 0.2) is 16.6 Å². The quantitative estimate of drug-likeness (QED) is 0.722. The van der Waals surface area contributed by atoms with E-state index in [-0.39, 0.29) is 12.3 Å². The molecule has 2 aliphatic rings. The Morgan fingerprint density at radius 3 is 2.83 bits per heavy atom. The number of benzene rings is 1. The van der Waals surface area contributed by atoms with Crippen LogP contribution in [0.3, 0.4) is 0 Å². The Kier molecular flexibility index (Phi) is 4.85. The first kappa shape index (κ1) is 19.8. The Bertz CT molecular complexity index is 1030. The van der Waals surface area contributed by atoms with E-state index in [9.17, 15) is 4.79 Å². The van der Waals surface area contributed by atoms with Gasteiger partial charge in [-0.05, 0) is 69.6 Å². The number of aromatic nitrogens is 1. The molecule has 4 rings (SSSR count). The van der Waals surface area contributed by atoms with E-state index in [1.807, 2.05) is 47.6 Å². The van der Waals surface area contributed by atoms with Crippen LogP contribution in [-0.4, -0.2) is 50.9 Å². The summed E-state index contributed by atoms with van der Waals surface area (Å²) in [5.41, 5.74) is 3.29. The van der Waals surface area contributed by atoms with E-state index in [0.29, 0.717) is 19.0 Å². The molecule has 3 heterocycles. The number of nitrogens with zero attached hydrogens (tertiary/aromatic N) is 4. The summed E-state index contributed by atoms with van der Waals surface area (Å²) in [6.07, 6.45) is 1.58. The van der Waals surface area contributed by atoms with Crippen LogP contribution in [0.4, 0.5) is 4.79 Å². The van der Waals surface area contributed by atoms with Crippen molar-refractivity contribution in [2.45, 2.75) is 53.3 Å². The Morgan fingerprint density at radius 1 is 1.38 bits per heavy atom. The molecular weight excluding hydrogens is 388 g/mol. The van der Waals surface area contributed by atoms with Crippen molar-refractivity contribution in [1.82, 2.24) is 14.8 Å². The van der Waals surface area contributed by atoms with Crippen LogP contribution in [-0.2, 0) is 4.74 Å². The zero-order valence-corrected chi connectivity index (χ0v) is 18.5. The second-order valence-corrected chi connectivity index (χ2v) is 9.25. The second-order valence-electron chi connectivity index (χ2n) is 8.25. The highest BCUT2D eigenvalue weighted by Gasteiger charge is 2.39. The molecule has 1 amide bonds. The number of amides is 1. The van der Waals surface area contributed by atoms with Crippen LogP contribution in [0.2, 0.25) is 0 Å². The Labute approximate surface area is 174 Å². The largest absolute Gasteiger partial charge is 0.444 e. The maximum Gasteiger partial charge on any atom is 0.412 e. The lowest BCUT2D eigenvalue weighted by molar-refractivity contribution is 0.00996. The number of fused-ring (bicyclic) bond motifs is 2. The molecule has 0 spiro atoms. The maximum absolute atomic E-state index is 12.7. The number of aliphatic imine (C=N–C) groups is 1. The van der Waals surface area contributed by atoms with Gasteiger partial charge in [0.05, 0.1) is 6.54 Å². The van der Waals surface area contributed by atoms with Gasteiger partial charge in [0.2, 0.25) is 0 Å². The van der Waals surface area contributed by atoms with Crippen LogP contribution >= 0.6 is 11.8 Å². The maximum atomic E-state index is 12.7. The minimum atomic E-state index is -0.532. The lowest BCUT2D eigenvalue weighted by atomic mass is 10.1.